The van der Waals surface area contributed by atoms with Gasteiger partial charge in [0.1, 0.15) is 17.9 Å². The Kier molecular flexibility index (Phi) is 4.82. The third-order valence-corrected chi connectivity index (χ3v) is 2.84. The molecule has 19 heavy (non-hydrogen) atoms. The van der Waals surface area contributed by atoms with Crippen molar-refractivity contribution in [2.24, 2.45) is 0 Å². The molecule has 0 unspecified atom stereocenters. The van der Waals surface area contributed by atoms with Gasteiger partial charge >= 0.3 is 0 Å². The first kappa shape index (κ1) is 13.9. The lowest BCUT2D eigenvalue weighted by atomic mass is 10.3. The van der Waals surface area contributed by atoms with Gasteiger partial charge in [-0.3, -0.25) is 0 Å². The quantitative estimate of drug-likeness (QED) is 0.889. The Bertz CT molecular complexity index is 563. The molecule has 0 saturated carbocycles. The van der Waals surface area contributed by atoms with Gasteiger partial charge in [-0.25, -0.2) is 9.97 Å². The van der Waals surface area contributed by atoms with E-state index in [0.717, 1.165) is 18.8 Å². The number of nitrogens with zero attached hydrogens (tertiary/aromatic N) is 2. The van der Waals surface area contributed by atoms with E-state index in [4.69, 9.17) is 27.9 Å². The number of rotatable bonds is 5. The molecule has 0 aliphatic carbocycles. The molecular weight excluding hydrogens is 285 g/mol. The van der Waals surface area contributed by atoms with E-state index in [1.807, 2.05) is 0 Å². The van der Waals surface area contributed by atoms with Crippen LogP contribution in [0.4, 0.5) is 5.82 Å². The summed E-state index contributed by atoms with van der Waals surface area (Å²) in [6, 6.07) is 6.75. The van der Waals surface area contributed by atoms with Crippen LogP contribution in [0.3, 0.4) is 0 Å². The SMILES string of the molecule is CCCNc1cc(Oc2ccc(Cl)cc2Cl)ncn1. The lowest BCUT2D eigenvalue weighted by Gasteiger charge is -2.08. The van der Waals surface area contributed by atoms with E-state index in [-0.39, 0.29) is 0 Å². The maximum absolute atomic E-state index is 6.03. The van der Waals surface area contributed by atoms with Crippen LogP contribution in [0.2, 0.25) is 10.0 Å². The summed E-state index contributed by atoms with van der Waals surface area (Å²) in [5.41, 5.74) is 0. The number of halogens is 2. The fourth-order valence-corrected chi connectivity index (χ4v) is 1.86. The molecule has 1 heterocycles. The molecule has 1 aromatic heterocycles. The van der Waals surface area contributed by atoms with E-state index in [0.29, 0.717) is 21.7 Å². The molecule has 0 bridgehead atoms. The summed E-state index contributed by atoms with van der Waals surface area (Å²) >= 11 is 11.9. The van der Waals surface area contributed by atoms with Crippen molar-refractivity contribution < 1.29 is 4.74 Å². The van der Waals surface area contributed by atoms with Crippen molar-refractivity contribution in [2.45, 2.75) is 13.3 Å². The second-order valence-corrected chi connectivity index (χ2v) is 4.69. The predicted octanol–water partition coefficient (Wildman–Crippen LogP) is 4.40. The Balaban J connectivity index is 2.14. The van der Waals surface area contributed by atoms with Crippen LogP contribution < -0.4 is 10.1 Å². The molecule has 0 aliphatic rings. The summed E-state index contributed by atoms with van der Waals surface area (Å²) in [4.78, 5) is 8.14. The van der Waals surface area contributed by atoms with Crippen molar-refractivity contribution >= 4 is 29.0 Å². The molecule has 0 amide bonds. The minimum atomic E-state index is 0.429. The Morgan fingerprint density at radius 1 is 1.21 bits per heavy atom. The third-order valence-electron chi connectivity index (χ3n) is 2.31. The van der Waals surface area contributed by atoms with Crippen molar-refractivity contribution in [3.8, 4) is 11.6 Å². The highest BCUT2D eigenvalue weighted by atomic mass is 35.5. The van der Waals surface area contributed by atoms with Gasteiger partial charge in [-0.15, -0.1) is 0 Å². The van der Waals surface area contributed by atoms with Crippen LogP contribution in [0.1, 0.15) is 13.3 Å². The van der Waals surface area contributed by atoms with E-state index < -0.39 is 0 Å². The highest BCUT2D eigenvalue weighted by Crippen LogP contribution is 2.31. The number of anilines is 1. The number of hydrogen-bond donors (Lipinski definition) is 1. The first-order valence-electron chi connectivity index (χ1n) is 5.88. The number of aromatic nitrogens is 2. The van der Waals surface area contributed by atoms with E-state index in [2.05, 4.69) is 22.2 Å². The van der Waals surface area contributed by atoms with Crippen LogP contribution in [0, 0.1) is 0 Å². The second kappa shape index (κ2) is 6.59. The molecule has 100 valence electrons. The number of benzene rings is 1. The molecule has 6 heteroatoms. The van der Waals surface area contributed by atoms with Crippen molar-refractivity contribution in [3.63, 3.8) is 0 Å². The van der Waals surface area contributed by atoms with Crippen LogP contribution in [0.15, 0.2) is 30.6 Å². The van der Waals surface area contributed by atoms with Crippen molar-refractivity contribution in [1.29, 1.82) is 0 Å². The fourth-order valence-electron chi connectivity index (χ4n) is 1.42. The monoisotopic (exact) mass is 297 g/mol. The standard InChI is InChI=1S/C13H13Cl2N3O/c1-2-5-16-12-7-13(18-8-17-12)19-11-4-3-9(14)6-10(11)15/h3-4,6-8H,2,5H2,1H3,(H,16,17,18). The van der Waals surface area contributed by atoms with Gasteiger partial charge in [-0.05, 0) is 24.6 Å². The van der Waals surface area contributed by atoms with Crippen LogP contribution >= 0.6 is 23.2 Å². The highest BCUT2D eigenvalue weighted by Gasteiger charge is 2.06. The van der Waals surface area contributed by atoms with E-state index in [9.17, 15) is 0 Å². The summed E-state index contributed by atoms with van der Waals surface area (Å²) in [7, 11) is 0. The zero-order chi connectivity index (χ0) is 13.7. The Hall–Kier alpha value is -1.52. The van der Waals surface area contributed by atoms with Gasteiger partial charge in [-0.2, -0.15) is 0 Å². The molecular formula is C13H13Cl2N3O. The normalized spacial score (nSPS) is 10.3. The van der Waals surface area contributed by atoms with Gasteiger partial charge in [0.2, 0.25) is 5.88 Å². The second-order valence-electron chi connectivity index (χ2n) is 3.85. The largest absolute Gasteiger partial charge is 0.437 e. The van der Waals surface area contributed by atoms with E-state index >= 15 is 0 Å². The number of nitrogens with one attached hydrogen (secondary N) is 1. The maximum atomic E-state index is 6.03. The van der Waals surface area contributed by atoms with Crippen LogP contribution in [0.5, 0.6) is 11.6 Å². The van der Waals surface area contributed by atoms with Crippen molar-refractivity contribution in [1.82, 2.24) is 9.97 Å². The molecule has 0 aliphatic heterocycles. The van der Waals surface area contributed by atoms with Gasteiger partial charge in [0.15, 0.2) is 0 Å². The molecule has 0 atom stereocenters. The topological polar surface area (TPSA) is 47.0 Å². The zero-order valence-electron chi connectivity index (χ0n) is 10.4. The van der Waals surface area contributed by atoms with Gasteiger partial charge in [0.25, 0.3) is 0 Å². The van der Waals surface area contributed by atoms with Crippen LogP contribution in [0.25, 0.3) is 0 Å². The molecule has 1 aromatic carbocycles. The summed E-state index contributed by atoms with van der Waals surface area (Å²) < 4.78 is 5.60. The molecule has 0 spiro atoms. The number of hydrogen-bond acceptors (Lipinski definition) is 4. The van der Waals surface area contributed by atoms with Gasteiger partial charge in [-0.1, -0.05) is 30.1 Å². The lowest BCUT2D eigenvalue weighted by molar-refractivity contribution is 0.462. The Labute approximate surface area is 121 Å². The number of ether oxygens (including phenoxy) is 1. The first-order chi connectivity index (χ1) is 9.19. The van der Waals surface area contributed by atoms with Crippen LogP contribution in [-0.2, 0) is 0 Å². The zero-order valence-corrected chi connectivity index (χ0v) is 11.9. The maximum Gasteiger partial charge on any atom is 0.224 e. The fraction of sp³-hybridized carbons (Fsp3) is 0.231. The summed E-state index contributed by atoms with van der Waals surface area (Å²) in [5.74, 6) is 1.65. The molecule has 0 saturated heterocycles. The lowest BCUT2D eigenvalue weighted by Crippen LogP contribution is -2.02. The van der Waals surface area contributed by atoms with Gasteiger partial charge < -0.3 is 10.1 Å². The minimum absolute atomic E-state index is 0.429. The first-order valence-corrected chi connectivity index (χ1v) is 6.63. The van der Waals surface area contributed by atoms with Crippen molar-refractivity contribution in [2.75, 3.05) is 11.9 Å². The van der Waals surface area contributed by atoms with E-state index in [1.165, 1.54) is 6.33 Å². The molecule has 1 N–H and O–H groups in total. The van der Waals surface area contributed by atoms with Crippen molar-refractivity contribution in [3.05, 3.63) is 40.6 Å². The molecule has 0 radical (unpaired) electrons. The summed E-state index contributed by atoms with van der Waals surface area (Å²) in [5, 5.41) is 4.16. The molecule has 4 nitrogen and oxygen atoms in total. The summed E-state index contributed by atoms with van der Waals surface area (Å²) in [6.07, 6.45) is 2.46. The van der Waals surface area contributed by atoms with Gasteiger partial charge in [0, 0.05) is 17.6 Å². The minimum Gasteiger partial charge on any atom is -0.437 e. The average molecular weight is 298 g/mol. The Morgan fingerprint density at radius 3 is 2.79 bits per heavy atom. The van der Waals surface area contributed by atoms with Crippen LogP contribution in [-0.4, -0.2) is 16.5 Å². The highest BCUT2D eigenvalue weighted by molar-refractivity contribution is 6.35. The predicted molar refractivity (Wildman–Crippen MR) is 77.3 cm³/mol. The average Bonchev–Trinajstić information content (AvgIpc) is 2.40. The molecule has 2 rings (SSSR count). The Morgan fingerprint density at radius 2 is 2.05 bits per heavy atom. The molecule has 0 fully saturated rings. The smallest absolute Gasteiger partial charge is 0.224 e. The summed E-state index contributed by atoms with van der Waals surface area (Å²) in [6.45, 7) is 2.93. The third kappa shape index (κ3) is 3.98. The molecule has 2 aromatic rings. The van der Waals surface area contributed by atoms with E-state index in [1.54, 1.807) is 24.3 Å². The van der Waals surface area contributed by atoms with Gasteiger partial charge in [0.05, 0.1) is 5.02 Å².